The van der Waals surface area contributed by atoms with E-state index in [0.717, 1.165) is 24.4 Å². The van der Waals surface area contributed by atoms with Crippen molar-refractivity contribution in [1.29, 1.82) is 0 Å². The van der Waals surface area contributed by atoms with Gasteiger partial charge in [0.15, 0.2) is 9.04 Å². The molecule has 0 spiro atoms. The normalized spacial score (nSPS) is 30.6. The molecular weight excluding hydrogens is 224 g/mol. The van der Waals surface area contributed by atoms with E-state index in [9.17, 15) is 0 Å². The monoisotopic (exact) mass is 252 g/mol. The highest BCUT2D eigenvalue weighted by atomic mass is 28.3. The van der Waals surface area contributed by atoms with Gasteiger partial charge in [0.05, 0.1) is 0 Å². The third kappa shape index (κ3) is 3.69. The Kier molecular flexibility index (Phi) is 5.30. The van der Waals surface area contributed by atoms with Gasteiger partial charge in [-0.3, -0.25) is 0 Å². The third-order valence-electron chi connectivity index (χ3n) is 4.48. The number of fused-ring (bicyclic) bond motifs is 2. The predicted molar refractivity (Wildman–Crippen MR) is 76.8 cm³/mol. The molecule has 1 fully saturated rings. The summed E-state index contributed by atoms with van der Waals surface area (Å²) in [5.41, 5.74) is 0. The summed E-state index contributed by atoms with van der Waals surface area (Å²) in [6.07, 6.45) is 11.7. The lowest BCUT2D eigenvalue weighted by Gasteiger charge is -2.20. The second kappa shape index (κ2) is 6.74. The van der Waals surface area contributed by atoms with Crippen LogP contribution in [0.3, 0.4) is 0 Å². The van der Waals surface area contributed by atoms with Crippen molar-refractivity contribution in [2.45, 2.75) is 58.0 Å². The van der Waals surface area contributed by atoms with Gasteiger partial charge in [0.1, 0.15) is 0 Å². The number of hydrogen-bond acceptors (Lipinski definition) is 1. The summed E-state index contributed by atoms with van der Waals surface area (Å²) in [5, 5.41) is 0. The van der Waals surface area contributed by atoms with Crippen LogP contribution in [0.4, 0.5) is 0 Å². The van der Waals surface area contributed by atoms with Crippen molar-refractivity contribution in [3.63, 3.8) is 0 Å². The highest BCUT2D eigenvalue weighted by molar-refractivity contribution is 6.51. The van der Waals surface area contributed by atoms with Gasteiger partial charge in [0.2, 0.25) is 0 Å². The largest absolute Gasteiger partial charge is 0.420 e. The lowest BCUT2D eigenvalue weighted by molar-refractivity contribution is 0.262. The Hall–Kier alpha value is -0.0831. The number of hydrogen-bond donors (Lipinski definition) is 0. The molecular formula is C15H28OSi. The topological polar surface area (TPSA) is 9.23 Å². The van der Waals surface area contributed by atoms with Gasteiger partial charge < -0.3 is 4.43 Å². The van der Waals surface area contributed by atoms with E-state index in [1.807, 2.05) is 0 Å². The average Bonchev–Trinajstić information content (AvgIpc) is 2.91. The minimum Gasteiger partial charge on any atom is -0.420 e. The molecule has 0 amide bonds. The van der Waals surface area contributed by atoms with E-state index < -0.39 is 9.04 Å². The fraction of sp³-hybridized carbons (Fsp3) is 0.867. The van der Waals surface area contributed by atoms with Crippen molar-refractivity contribution >= 4 is 9.04 Å². The molecule has 1 saturated carbocycles. The fourth-order valence-corrected chi connectivity index (χ4v) is 5.95. The van der Waals surface area contributed by atoms with E-state index in [2.05, 4.69) is 26.0 Å². The zero-order valence-corrected chi connectivity index (χ0v) is 12.7. The van der Waals surface area contributed by atoms with Gasteiger partial charge in [0.25, 0.3) is 0 Å². The Morgan fingerprint density at radius 3 is 2.41 bits per heavy atom. The van der Waals surface area contributed by atoms with Crippen molar-refractivity contribution in [3.05, 3.63) is 12.2 Å². The quantitative estimate of drug-likeness (QED) is 0.466. The first-order valence-electron chi connectivity index (χ1n) is 7.63. The summed E-state index contributed by atoms with van der Waals surface area (Å²) < 4.78 is 6.21. The standard InChI is InChI=1S/C15H28OSi/c1-3-9-17(10-4-2)16-8-7-15-12-13-5-6-14(15)11-13/h5-6,13-15,17H,3-4,7-12H2,1-2H3. The molecule has 2 heteroatoms. The van der Waals surface area contributed by atoms with Gasteiger partial charge in [-0.1, -0.05) is 38.8 Å². The molecule has 17 heavy (non-hydrogen) atoms. The Morgan fingerprint density at radius 2 is 1.88 bits per heavy atom. The molecule has 0 heterocycles. The van der Waals surface area contributed by atoms with Crippen LogP contribution in [-0.4, -0.2) is 15.6 Å². The highest BCUT2D eigenvalue weighted by Gasteiger charge is 2.35. The van der Waals surface area contributed by atoms with Crippen LogP contribution >= 0.6 is 0 Å². The van der Waals surface area contributed by atoms with Crippen molar-refractivity contribution in [1.82, 2.24) is 0 Å². The van der Waals surface area contributed by atoms with E-state index in [4.69, 9.17) is 4.43 Å². The maximum atomic E-state index is 6.21. The van der Waals surface area contributed by atoms with Crippen molar-refractivity contribution in [2.24, 2.45) is 17.8 Å². The summed E-state index contributed by atoms with van der Waals surface area (Å²) in [4.78, 5) is 0. The maximum Gasteiger partial charge on any atom is 0.176 e. The van der Waals surface area contributed by atoms with Gasteiger partial charge in [-0.05, 0) is 49.1 Å². The molecule has 2 rings (SSSR count). The van der Waals surface area contributed by atoms with Crippen LogP contribution < -0.4 is 0 Å². The van der Waals surface area contributed by atoms with Gasteiger partial charge >= 0.3 is 0 Å². The fourth-order valence-electron chi connectivity index (χ4n) is 3.57. The zero-order chi connectivity index (χ0) is 12.1. The lowest BCUT2D eigenvalue weighted by atomic mass is 9.91. The zero-order valence-electron chi connectivity index (χ0n) is 11.5. The lowest BCUT2D eigenvalue weighted by Crippen LogP contribution is -2.20. The number of allylic oxidation sites excluding steroid dienone is 2. The molecule has 0 aromatic heterocycles. The van der Waals surface area contributed by atoms with Crippen molar-refractivity contribution in [3.8, 4) is 0 Å². The van der Waals surface area contributed by atoms with Crippen LogP contribution in [0.5, 0.6) is 0 Å². The molecule has 3 atom stereocenters. The minimum atomic E-state index is -0.830. The maximum absolute atomic E-state index is 6.21. The Labute approximate surface area is 108 Å². The smallest absolute Gasteiger partial charge is 0.176 e. The summed E-state index contributed by atoms with van der Waals surface area (Å²) in [5.74, 6) is 2.77. The molecule has 2 aliphatic rings. The molecule has 0 N–H and O–H groups in total. The van der Waals surface area contributed by atoms with Crippen LogP contribution in [0.2, 0.25) is 12.1 Å². The van der Waals surface area contributed by atoms with E-state index in [0.29, 0.717) is 0 Å². The van der Waals surface area contributed by atoms with Gasteiger partial charge in [-0.25, -0.2) is 0 Å². The van der Waals surface area contributed by atoms with Crippen molar-refractivity contribution < 1.29 is 4.43 Å². The number of rotatable bonds is 8. The summed E-state index contributed by atoms with van der Waals surface area (Å²) in [6, 6.07) is 2.76. The van der Waals surface area contributed by atoms with Crippen molar-refractivity contribution in [2.75, 3.05) is 6.61 Å². The van der Waals surface area contributed by atoms with Crippen LogP contribution in [0.15, 0.2) is 12.2 Å². The Bertz CT molecular complexity index is 245. The minimum absolute atomic E-state index is 0.830. The van der Waals surface area contributed by atoms with E-state index in [-0.39, 0.29) is 0 Å². The molecule has 0 aromatic carbocycles. The average molecular weight is 252 g/mol. The molecule has 1 nitrogen and oxygen atoms in total. The van der Waals surface area contributed by atoms with Crippen LogP contribution in [0.1, 0.15) is 46.0 Å². The highest BCUT2D eigenvalue weighted by Crippen LogP contribution is 2.44. The Morgan fingerprint density at radius 1 is 1.12 bits per heavy atom. The summed E-state index contributed by atoms with van der Waals surface area (Å²) in [7, 11) is -0.830. The SMILES string of the molecule is CCC[SiH](CCC)OCCC1CC2C=CC1C2. The molecule has 0 aromatic rings. The molecule has 0 saturated heterocycles. The first-order valence-corrected chi connectivity index (χ1v) is 9.73. The van der Waals surface area contributed by atoms with Gasteiger partial charge in [-0.2, -0.15) is 0 Å². The molecule has 3 unspecified atom stereocenters. The van der Waals surface area contributed by atoms with Crippen LogP contribution in [0, 0.1) is 17.8 Å². The van der Waals surface area contributed by atoms with Gasteiger partial charge in [0, 0.05) is 6.61 Å². The summed E-state index contributed by atoms with van der Waals surface area (Å²) in [6.45, 7) is 5.64. The molecule has 0 radical (unpaired) electrons. The Balaban J connectivity index is 1.63. The molecule has 98 valence electrons. The van der Waals surface area contributed by atoms with E-state index in [1.54, 1.807) is 0 Å². The third-order valence-corrected chi connectivity index (χ3v) is 7.63. The molecule has 2 aliphatic carbocycles. The first kappa shape index (κ1) is 13.4. The summed E-state index contributed by atoms with van der Waals surface area (Å²) >= 11 is 0. The van der Waals surface area contributed by atoms with Crippen LogP contribution in [0.25, 0.3) is 0 Å². The van der Waals surface area contributed by atoms with E-state index >= 15 is 0 Å². The molecule has 2 bridgehead atoms. The molecule has 0 aliphatic heterocycles. The van der Waals surface area contributed by atoms with Crippen LogP contribution in [-0.2, 0) is 4.43 Å². The second-order valence-electron chi connectivity index (χ2n) is 5.90. The van der Waals surface area contributed by atoms with Gasteiger partial charge in [-0.15, -0.1) is 0 Å². The second-order valence-corrected chi connectivity index (χ2v) is 8.63. The first-order chi connectivity index (χ1) is 8.33. The predicted octanol–water partition coefficient (Wildman–Crippen LogP) is 4.15. The van der Waals surface area contributed by atoms with E-state index in [1.165, 1.54) is 44.2 Å².